The molecule has 1 aromatic rings. The Morgan fingerprint density at radius 1 is 0.846 bits per heavy atom. The van der Waals surface area contributed by atoms with Crippen LogP contribution in [0.15, 0.2) is 57.4 Å². The SMILES string of the molecule is CCc1c2[n-]c(c1C)/C=C1\[N-]C(=C(C)[C@H]1CC)/C=C1\[N-]C(C3=C4[N-]/C(=C\2)C(C)C4[C@H](O)[C@@H]3C(=O)OC)[C@@H](CCC(=O)OC/C=C(\C)CCC[C@@H](C)CCC[C@H](C)CCCC(C)C)[C@@H]1C.[Mg+2]. The maximum atomic E-state index is 13.7. The van der Waals surface area contributed by atoms with E-state index in [1.807, 2.05) is 0 Å². The normalized spacial score (nSPS) is 29.2. The van der Waals surface area contributed by atoms with Crippen LogP contribution in [0.4, 0.5) is 0 Å². The Kier molecular flexibility index (Phi) is 19.2. The average molecular weight is 902 g/mol. The molecule has 2 saturated heterocycles. The van der Waals surface area contributed by atoms with Crippen molar-refractivity contribution >= 4 is 47.1 Å². The van der Waals surface area contributed by atoms with Gasteiger partial charge in [0, 0.05) is 6.42 Å². The van der Waals surface area contributed by atoms with Crippen LogP contribution < -0.4 is 4.98 Å². The van der Waals surface area contributed by atoms with Crippen LogP contribution in [0.3, 0.4) is 0 Å². The van der Waals surface area contributed by atoms with Crippen molar-refractivity contribution in [1.29, 1.82) is 0 Å². The van der Waals surface area contributed by atoms with E-state index in [0.717, 1.165) is 88.9 Å². The van der Waals surface area contributed by atoms with E-state index < -0.39 is 30.0 Å². The number of aliphatic hydroxyl groups is 1. The summed E-state index contributed by atoms with van der Waals surface area (Å²) in [5, 5.41) is 28.0. The van der Waals surface area contributed by atoms with E-state index in [0.29, 0.717) is 12.0 Å². The number of hydrogen-bond donors (Lipinski definition) is 1. The molecule has 2 fully saturated rings. The molecule has 3 unspecified atom stereocenters. The first-order valence-electron chi connectivity index (χ1n) is 25.0. The number of aromatic nitrogens is 1. The fourth-order valence-corrected chi connectivity index (χ4v) is 11.3. The molecule has 6 rings (SSSR count). The summed E-state index contributed by atoms with van der Waals surface area (Å²) >= 11 is 0. The molecule has 1 aliphatic carbocycles. The summed E-state index contributed by atoms with van der Waals surface area (Å²) in [5.41, 5.74) is 11.6. The number of aliphatic hydroxyl groups excluding tert-OH is 1. The number of allylic oxidation sites excluding steroid dienone is 5. The molecule has 10 atom stereocenters. The number of methoxy groups -OCH3 is 1. The molecular formula is C55H80MgN4O5-2. The van der Waals surface area contributed by atoms with Crippen LogP contribution in [0.1, 0.15) is 169 Å². The van der Waals surface area contributed by atoms with Crippen molar-refractivity contribution in [2.75, 3.05) is 13.7 Å². The van der Waals surface area contributed by atoms with Gasteiger partial charge < -0.3 is 35.5 Å². The summed E-state index contributed by atoms with van der Waals surface area (Å²) < 4.78 is 11.2. The van der Waals surface area contributed by atoms with E-state index in [1.54, 1.807) is 0 Å². The summed E-state index contributed by atoms with van der Waals surface area (Å²) in [5.74, 6) is 0.0883. The first-order chi connectivity index (χ1) is 30.6. The Morgan fingerprint density at radius 2 is 1.51 bits per heavy atom. The minimum atomic E-state index is -1.03. The molecule has 1 aromatic heterocycles. The molecule has 0 spiro atoms. The number of nitrogens with zero attached hydrogens (tertiary/aromatic N) is 4. The summed E-state index contributed by atoms with van der Waals surface area (Å²) in [4.78, 5) is 32.3. The standard InChI is InChI=1S/C55H80N4O5.Mg/c1-13-39-35(8)42-28-44-37(10)41(24-25-48(60)64-27-26-34(7)23-17-22-33(6)21-16-20-32(5)19-15-18-31(3)4)52(58-44)50-51(55(62)63-12)54(61)49-38(11)45(59-53(49)50)30-47-40(14-2)36(9)43(57-47)29-46(39)56-42;/h26,28-33,37-39,41,49,51-52,54,61H,13-25,27H2,1-12H3;/q-4;+2/b34-26+,44-28-,45-30-,46-29-;/t32-,33+,37+,38?,39-,41+,49?,51-,52?,54+;/m1./s1. The van der Waals surface area contributed by atoms with Crippen LogP contribution in [0.25, 0.3) is 28.1 Å². The number of rotatable bonds is 20. The number of fused-ring (bicyclic) bond motifs is 8. The van der Waals surface area contributed by atoms with E-state index in [9.17, 15) is 14.7 Å². The first kappa shape index (κ1) is 52.8. The number of ether oxygens (including phenoxy) is 2. The fourth-order valence-electron chi connectivity index (χ4n) is 11.3. The quantitative estimate of drug-likeness (QED) is 0.0788. The maximum Gasteiger partial charge on any atom is 2.00 e. The second-order valence-electron chi connectivity index (χ2n) is 20.6. The molecule has 0 amide bonds. The average Bonchev–Trinajstić information content (AvgIpc) is 3.99. The Hall–Kier alpha value is -3.21. The van der Waals surface area contributed by atoms with Gasteiger partial charge in [0.05, 0.1) is 13.2 Å². The van der Waals surface area contributed by atoms with Gasteiger partial charge in [-0.1, -0.05) is 152 Å². The minimum absolute atomic E-state index is 0. The zero-order chi connectivity index (χ0) is 46.4. The summed E-state index contributed by atoms with van der Waals surface area (Å²) in [6.07, 6.45) is 21.2. The molecule has 1 N–H and O–H groups in total. The first-order valence-corrected chi connectivity index (χ1v) is 25.0. The van der Waals surface area contributed by atoms with Gasteiger partial charge in [-0.15, -0.1) is 17.1 Å². The third-order valence-electron chi connectivity index (χ3n) is 15.5. The van der Waals surface area contributed by atoms with Crippen LogP contribution in [-0.4, -0.2) is 66.0 Å². The van der Waals surface area contributed by atoms with Gasteiger partial charge in [0.25, 0.3) is 0 Å². The molecular weight excluding hydrogens is 821 g/mol. The molecule has 5 heterocycles. The monoisotopic (exact) mass is 901 g/mol. The van der Waals surface area contributed by atoms with E-state index in [1.165, 1.54) is 68.8 Å². The molecule has 65 heavy (non-hydrogen) atoms. The molecule has 5 aliphatic rings. The molecule has 0 aromatic carbocycles. The van der Waals surface area contributed by atoms with E-state index >= 15 is 0 Å². The van der Waals surface area contributed by atoms with Gasteiger partial charge in [-0.25, -0.2) is 0 Å². The predicted molar refractivity (Wildman–Crippen MR) is 267 cm³/mol. The number of hydrogen-bond acceptors (Lipinski definition) is 5. The second kappa shape index (κ2) is 23.7. The van der Waals surface area contributed by atoms with Gasteiger partial charge >= 0.3 is 35.0 Å². The van der Waals surface area contributed by atoms with E-state index in [4.69, 9.17) is 30.4 Å². The van der Waals surface area contributed by atoms with Crippen LogP contribution in [0.5, 0.6) is 0 Å². The van der Waals surface area contributed by atoms with Crippen molar-refractivity contribution in [3.8, 4) is 0 Å². The number of esters is 2. The molecule has 354 valence electrons. The fraction of sp³-hybridized carbons (Fsp3) is 0.673. The Bertz CT molecular complexity index is 2040. The zero-order valence-electron chi connectivity index (χ0n) is 42.1. The molecule has 10 heteroatoms. The Balaban J connectivity index is 0.00000793. The third-order valence-corrected chi connectivity index (χ3v) is 15.5. The van der Waals surface area contributed by atoms with E-state index in [2.05, 4.69) is 100 Å². The number of carbonyl (C=O) groups excluding carboxylic acids is 2. The van der Waals surface area contributed by atoms with Crippen LogP contribution in [0, 0.1) is 60.2 Å². The van der Waals surface area contributed by atoms with Crippen LogP contribution in [-0.2, 0) is 25.5 Å². The smallest absolute Gasteiger partial charge is 0.681 e. The maximum absolute atomic E-state index is 13.7. The molecule has 0 saturated carbocycles. The topological polar surface area (TPSA) is 129 Å². The summed E-state index contributed by atoms with van der Waals surface area (Å²) in [6.45, 7) is 24.7. The molecule has 9 nitrogen and oxygen atoms in total. The van der Waals surface area contributed by atoms with Gasteiger partial charge in [0.15, 0.2) is 0 Å². The van der Waals surface area contributed by atoms with Crippen molar-refractivity contribution in [2.45, 2.75) is 172 Å². The third kappa shape index (κ3) is 12.1. The van der Waals surface area contributed by atoms with Crippen LogP contribution in [0.2, 0.25) is 0 Å². The van der Waals surface area contributed by atoms with Crippen molar-refractivity contribution < 1.29 is 24.2 Å². The van der Waals surface area contributed by atoms with Crippen LogP contribution >= 0.6 is 0 Å². The minimum Gasteiger partial charge on any atom is -0.681 e. The zero-order valence-corrected chi connectivity index (χ0v) is 43.6. The molecule has 8 bridgehead atoms. The van der Waals surface area contributed by atoms with Gasteiger partial charge in [0.1, 0.15) is 12.5 Å². The second-order valence-corrected chi connectivity index (χ2v) is 20.6. The largest absolute Gasteiger partial charge is 2.00 e. The van der Waals surface area contributed by atoms with Crippen molar-refractivity contribution in [3.05, 3.63) is 95.8 Å². The van der Waals surface area contributed by atoms with Gasteiger partial charge in [-0.3, -0.25) is 9.59 Å². The Labute approximate surface area is 408 Å². The molecule has 4 aliphatic heterocycles. The summed E-state index contributed by atoms with van der Waals surface area (Å²) in [6, 6.07) is -0.491. The predicted octanol–water partition coefficient (Wildman–Crippen LogP) is 13.2. The van der Waals surface area contributed by atoms with Crippen molar-refractivity contribution in [3.63, 3.8) is 0 Å². The Morgan fingerprint density at radius 3 is 2.15 bits per heavy atom. The van der Waals surface area contributed by atoms with Gasteiger partial charge in [-0.05, 0) is 106 Å². The van der Waals surface area contributed by atoms with Gasteiger partial charge in [0.2, 0.25) is 0 Å². The van der Waals surface area contributed by atoms with E-state index in [-0.39, 0.29) is 65.7 Å². The number of carbonyl (C=O) groups is 2. The molecule has 0 radical (unpaired) electrons. The van der Waals surface area contributed by atoms with Crippen molar-refractivity contribution in [1.82, 2.24) is 4.98 Å². The van der Waals surface area contributed by atoms with Gasteiger partial charge in [-0.2, -0.15) is 22.8 Å². The summed E-state index contributed by atoms with van der Waals surface area (Å²) in [7, 11) is 1.37. The van der Waals surface area contributed by atoms with Crippen molar-refractivity contribution in [2.24, 2.45) is 53.3 Å².